The third-order valence-corrected chi connectivity index (χ3v) is 5.40. The van der Waals surface area contributed by atoms with E-state index in [1.54, 1.807) is 0 Å². The van der Waals surface area contributed by atoms with Crippen LogP contribution in [0.1, 0.15) is 54.9 Å². The number of hydrogen-bond acceptors (Lipinski definition) is 5. The molecule has 4 rings (SSSR count). The van der Waals surface area contributed by atoms with E-state index >= 15 is 0 Å². The molecular weight excluding hydrogens is 342 g/mol. The van der Waals surface area contributed by atoms with Crippen molar-refractivity contribution in [3.8, 4) is 5.75 Å². The molecule has 7 nitrogen and oxygen atoms in total. The molecule has 27 heavy (non-hydrogen) atoms. The third-order valence-electron chi connectivity index (χ3n) is 5.40. The maximum absolute atomic E-state index is 12.8. The molecule has 1 amide bonds. The van der Waals surface area contributed by atoms with Gasteiger partial charge in [0.25, 0.3) is 0 Å². The van der Waals surface area contributed by atoms with Crippen LogP contribution >= 0.6 is 0 Å². The SMILES string of the molecule is Cc1nn(C(C)C)c(C)c1NC(=O)C1CC(c2ccc3c(c2)CCO3)NN1. The molecule has 1 aromatic carbocycles. The van der Waals surface area contributed by atoms with Crippen molar-refractivity contribution in [2.45, 2.75) is 58.7 Å². The van der Waals surface area contributed by atoms with Gasteiger partial charge in [0.2, 0.25) is 5.91 Å². The number of anilines is 1. The molecule has 3 heterocycles. The minimum atomic E-state index is -0.291. The zero-order chi connectivity index (χ0) is 19.1. The predicted octanol–water partition coefficient (Wildman–Crippen LogP) is 2.56. The number of benzene rings is 1. The highest BCUT2D eigenvalue weighted by molar-refractivity contribution is 5.96. The summed E-state index contributed by atoms with van der Waals surface area (Å²) in [6.45, 7) is 8.84. The molecule has 0 bridgehead atoms. The first-order valence-electron chi connectivity index (χ1n) is 9.57. The van der Waals surface area contributed by atoms with Crippen molar-refractivity contribution >= 4 is 11.6 Å². The first-order valence-corrected chi connectivity index (χ1v) is 9.57. The van der Waals surface area contributed by atoms with Crippen LogP contribution in [0.4, 0.5) is 5.69 Å². The molecule has 7 heteroatoms. The van der Waals surface area contributed by atoms with Gasteiger partial charge in [-0.3, -0.25) is 9.48 Å². The summed E-state index contributed by atoms with van der Waals surface area (Å²) >= 11 is 0. The molecule has 0 spiro atoms. The van der Waals surface area contributed by atoms with Gasteiger partial charge in [-0.1, -0.05) is 12.1 Å². The van der Waals surface area contributed by atoms with E-state index < -0.39 is 0 Å². The molecule has 2 aromatic rings. The van der Waals surface area contributed by atoms with Crippen molar-refractivity contribution in [3.63, 3.8) is 0 Å². The number of nitrogens with zero attached hydrogens (tertiary/aromatic N) is 2. The number of aryl methyl sites for hydroxylation is 1. The van der Waals surface area contributed by atoms with Gasteiger partial charge in [0, 0.05) is 18.5 Å². The van der Waals surface area contributed by atoms with E-state index in [1.165, 1.54) is 11.1 Å². The lowest BCUT2D eigenvalue weighted by molar-refractivity contribution is -0.117. The summed E-state index contributed by atoms with van der Waals surface area (Å²) in [5, 5.41) is 7.60. The molecule has 0 aliphatic carbocycles. The minimum absolute atomic E-state index is 0.0380. The van der Waals surface area contributed by atoms with Gasteiger partial charge in [-0.05, 0) is 51.3 Å². The topological polar surface area (TPSA) is 80.2 Å². The van der Waals surface area contributed by atoms with E-state index in [4.69, 9.17) is 4.74 Å². The number of hydrazine groups is 1. The molecule has 2 aliphatic rings. The van der Waals surface area contributed by atoms with E-state index in [-0.39, 0.29) is 24.0 Å². The Kier molecular flexibility index (Phi) is 4.65. The Morgan fingerprint density at radius 3 is 2.89 bits per heavy atom. The second kappa shape index (κ2) is 6.98. The predicted molar refractivity (Wildman–Crippen MR) is 104 cm³/mol. The second-order valence-electron chi connectivity index (χ2n) is 7.67. The average Bonchev–Trinajstić information content (AvgIpc) is 3.35. The van der Waals surface area contributed by atoms with Gasteiger partial charge in [0.15, 0.2) is 0 Å². The number of ether oxygens (including phenoxy) is 1. The molecule has 2 aliphatic heterocycles. The van der Waals surface area contributed by atoms with E-state index in [0.717, 1.165) is 35.9 Å². The Labute approximate surface area is 159 Å². The number of rotatable bonds is 4. The lowest BCUT2D eigenvalue weighted by Gasteiger charge is -2.12. The first kappa shape index (κ1) is 18.0. The molecule has 1 fully saturated rings. The summed E-state index contributed by atoms with van der Waals surface area (Å²) in [4.78, 5) is 12.8. The molecule has 2 atom stereocenters. The lowest BCUT2D eigenvalue weighted by atomic mass is 9.99. The molecule has 0 radical (unpaired) electrons. The number of nitrogens with one attached hydrogen (secondary N) is 3. The van der Waals surface area contributed by atoms with Gasteiger partial charge in [0.1, 0.15) is 11.8 Å². The number of amides is 1. The fraction of sp³-hybridized carbons (Fsp3) is 0.500. The minimum Gasteiger partial charge on any atom is -0.493 e. The maximum atomic E-state index is 12.8. The van der Waals surface area contributed by atoms with Gasteiger partial charge < -0.3 is 10.1 Å². The van der Waals surface area contributed by atoms with Crippen molar-refractivity contribution in [2.75, 3.05) is 11.9 Å². The normalized spacial score (nSPS) is 21.4. The summed E-state index contributed by atoms with van der Waals surface area (Å²) in [7, 11) is 0. The molecule has 3 N–H and O–H groups in total. The Hall–Kier alpha value is -2.38. The van der Waals surface area contributed by atoms with E-state index in [0.29, 0.717) is 6.42 Å². The lowest BCUT2D eigenvalue weighted by Crippen LogP contribution is -2.39. The van der Waals surface area contributed by atoms with Crippen LogP contribution < -0.4 is 20.9 Å². The zero-order valence-corrected chi connectivity index (χ0v) is 16.3. The van der Waals surface area contributed by atoms with E-state index in [2.05, 4.69) is 47.2 Å². The average molecular weight is 369 g/mol. The van der Waals surface area contributed by atoms with Gasteiger partial charge in [-0.2, -0.15) is 5.10 Å². The van der Waals surface area contributed by atoms with Gasteiger partial charge in [-0.25, -0.2) is 10.9 Å². The molecule has 1 saturated heterocycles. The largest absolute Gasteiger partial charge is 0.493 e. The smallest absolute Gasteiger partial charge is 0.243 e. The van der Waals surface area contributed by atoms with Crippen LogP contribution in [0.15, 0.2) is 18.2 Å². The van der Waals surface area contributed by atoms with Crippen molar-refractivity contribution in [1.29, 1.82) is 0 Å². The molecule has 2 unspecified atom stereocenters. The van der Waals surface area contributed by atoms with E-state index in [9.17, 15) is 4.79 Å². The first-order chi connectivity index (χ1) is 12.9. The highest BCUT2D eigenvalue weighted by Gasteiger charge is 2.31. The summed E-state index contributed by atoms with van der Waals surface area (Å²) in [6, 6.07) is 6.36. The molecule has 144 valence electrons. The van der Waals surface area contributed by atoms with Crippen LogP contribution in [0.2, 0.25) is 0 Å². The number of carbonyl (C=O) groups is 1. The summed E-state index contributed by atoms with van der Waals surface area (Å²) < 4.78 is 7.52. The van der Waals surface area contributed by atoms with Crippen LogP contribution in [0, 0.1) is 13.8 Å². The third kappa shape index (κ3) is 3.33. The standard InChI is InChI=1S/C20H27N5O2/c1-11(2)25-13(4)19(12(3)24-25)21-20(26)17-10-16(22-23-17)14-5-6-18-15(9-14)7-8-27-18/h5-6,9,11,16-17,22-23H,7-8,10H2,1-4H3,(H,21,26). The fourth-order valence-electron chi connectivity index (χ4n) is 3.93. The number of fused-ring (bicyclic) bond motifs is 1. The Balaban J connectivity index is 1.44. The van der Waals surface area contributed by atoms with Crippen molar-refractivity contribution < 1.29 is 9.53 Å². The van der Waals surface area contributed by atoms with Crippen molar-refractivity contribution in [1.82, 2.24) is 20.6 Å². The number of hydrogen-bond donors (Lipinski definition) is 3. The Morgan fingerprint density at radius 1 is 1.33 bits per heavy atom. The van der Waals surface area contributed by atoms with Crippen molar-refractivity contribution in [3.05, 3.63) is 40.7 Å². The van der Waals surface area contributed by atoms with Crippen LogP contribution in [-0.2, 0) is 11.2 Å². The van der Waals surface area contributed by atoms with Gasteiger partial charge in [-0.15, -0.1) is 0 Å². The second-order valence-corrected chi connectivity index (χ2v) is 7.67. The monoisotopic (exact) mass is 369 g/mol. The Bertz CT molecular complexity index is 873. The van der Waals surface area contributed by atoms with Gasteiger partial charge in [0.05, 0.1) is 23.7 Å². The maximum Gasteiger partial charge on any atom is 0.243 e. The van der Waals surface area contributed by atoms with Gasteiger partial charge >= 0.3 is 0 Å². The summed E-state index contributed by atoms with van der Waals surface area (Å²) in [5.41, 5.74) is 11.5. The van der Waals surface area contributed by atoms with Crippen LogP contribution in [-0.4, -0.2) is 28.3 Å². The zero-order valence-electron chi connectivity index (χ0n) is 16.3. The Morgan fingerprint density at radius 2 is 2.15 bits per heavy atom. The molecular formula is C20H27N5O2. The molecule has 0 saturated carbocycles. The highest BCUT2D eigenvalue weighted by atomic mass is 16.5. The van der Waals surface area contributed by atoms with E-state index in [1.807, 2.05) is 24.6 Å². The number of aromatic nitrogens is 2. The number of carbonyl (C=O) groups excluding carboxylic acids is 1. The highest BCUT2D eigenvalue weighted by Crippen LogP contribution is 2.31. The molecule has 1 aromatic heterocycles. The summed E-state index contributed by atoms with van der Waals surface area (Å²) in [5.74, 6) is 0.941. The van der Waals surface area contributed by atoms with Crippen molar-refractivity contribution in [2.24, 2.45) is 0 Å². The quantitative estimate of drug-likeness (QED) is 0.772. The van der Waals surface area contributed by atoms with Crippen LogP contribution in [0.3, 0.4) is 0 Å². The summed E-state index contributed by atoms with van der Waals surface area (Å²) in [6.07, 6.45) is 1.65. The van der Waals surface area contributed by atoms with Crippen LogP contribution in [0.5, 0.6) is 5.75 Å². The fourth-order valence-corrected chi connectivity index (χ4v) is 3.93. The van der Waals surface area contributed by atoms with Crippen LogP contribution in [0.25, 0.3) is 0 Å².